The summed E-state index contributed by atoms with van der Waals surface area (Å²) in [5.74, 6) is -0.392. The maximum Gasteiger partial charge on any atom is 0.497 e. The Morgan fingerprint density at radius 1 is 1.11 bits per heavy atom. The molecule has 0 aliphatic carbocycles. The van der Waals surface area contributed by atoms with Gasteiger partial charge >= 0.3 is 7.12 Å². The first-order valence-corrected chi connectivity index (χ1v) is 6.05. The zero-order valence-corrected chi connectivity index (χ0v) is 11.5. The monoisotopic (exact) mass is 251 g/mol. The number of hydrogen-bond donors (Lipinski definition) is 1. The van der Waals surface area contributed by atoms with Crippen molar-refractivity contribution < 1.29 is 13.7 Å². The molecule has 3 nitrogen and oxygen atoms in total. The largest absolute Gasteiger partial charge is 0.497 e. The number of halogens is 1. The van der Waals surface area contributed by atoms with Crippen molar-refractivity contribution in [2.24, 2.45) is 0 Å². The Bertz CT molecular complexity index is 472. The van der Waals surface area contributed by atoms with Gasteiger partial charge in [0.15, 0.2) is 0 Å². The van der Waals surface area contributed by atoms with Gasteiger partial charge in [0.25, 0.3) is 0 Å². The van der Waals surface area contributed by atoms with Gasteiger partial charge in [0.2, 0.25) is 0 Å². The minimum absolute atomic E-state index is 0.392. The van der Waals surface area contributed by atoms with Crippen molar-refractivity contribution in [1.29, 1.82) is 0 Å². The Hall–Kier alpha value is -1.07. The fourth-order valence-electron chi connectivity index (χ4n) is 1.87. The van der Waals surface area contributed by atoms with Crippen LogP contribution in [-0.2, 0) is 9.31 Å². The molecule has 1 aromatic rings. The van der Waals surface area contributed by atoms with Gasteiger partial charge in [0, 0.05) is 11.2 Å². The number of anilines is 1. The highest BCUT2D eigenvalue weighted by atomic mass is 19.1. The van der Waals surface area contributed by atoms with Gasteiger partial charge in [-0.3, -0.25) is 0 Å². The van der Waals surface area contributed by atoms with Crippen molar-refractivity contribution in [3.63, 3.8) is 0 Å². The van der Waals surface area contributed by atoms with Gasteiger partial charge in [-0.1, -0.05) is 6.07 Å². The second kappa shape index (κ2) is 3.97. The SMILES string of the molecule is Cc1cc(B2OC(C)(C)C(C)(C)O2)c(F)cc1N. The van der Waals surface area contributed by atoms with Crippen LogP contribution in [0.25, 0.3) is 0 Å². The highest BCUT2D eigenvalue weighted by Crippen LogP contribution is 2.36. The molecule has 2 N–H and O–H groups in total. The van der Waals surface area contributed by atoms with Crippen LogP contribution in [0.1, 0.15) is 33.3 Å². The first-order valence-electron chi connectivity index (χ1n) is 6.05. The van der Waals surface area contributed by atoms with Gasteiger partial charge in [0.1, 0.15) is 5.82 Å². The van der Waals surface area contributed by atoms with Crippen LogP contribution < -0.4 is 11.2 Å². The zero-order valence-electron chi connectivity index (χ0n) is 11.5. The third-order valence-electron chi connectivity index (χ3n) is 3.89. The van der Waals surface area contributed by atoms with Crippen molar-refractivity contribution in [1.82, 2.24) is 0 Å². The molecule has 0 bridgehead atoms. The molecule has 0 unspecified atom stereocenters. The molecule has 0 atom stereocenters. The summed E-state index contributed by atoms with van der Waals surface area (Å²) in [5.41, 5.74) is 6.39. The smallest absolute Gasteiger partial charge is 0.399 e. The Morgan fingerprint density at radius 3 is 2.11 bits per heavy atom. The third kappa shape index (κ3) is 2.02. The minimum atomic E-state index is -0.686. The summed E-state index contributed by atoms with van der Waals surface area (Å²) in [6, 6.07) is 3.00. The van der Waals surface area contributed by atoms with E-state index in [1.807, 2.05) is 34.6 Å². The Kier molecular flexibility index (Phi) is 2.95. The number of nitrogen functional groups attached to an aromatic ring is 1. The summed E-state index contributed by atoms with van der Waals surface area (Å²) >= 11 is 0. The fourth-order valence-corrected chi connectivity index (χ4v) is 1.87. The Balaban J connectivity index is 2.38. The van der Waals surface area contributed by atoms with E-state index in [4.69, 9.17) is 15.0 Å². The molecular weight excluding hydrogens is 232 g/mol. The lowest BCUT2D eigenvalue weighted by molar-refractivity contribution is 0.00578. The van der Waals surface area contributed by atoms with Gasteiger partial charge in [-0.25, -0.2) is 4.39 Å². The normalized spacial score (nSPS) is 21.3. The topological polar surface area (TPSA) is 44.5 Å². The standard InChI is InChI=1S/C13H19BFNO2/c1-8-6-9(10(15)7-11(8)16)14-17-12(2,3)13(4,5)18-14/h6-7H,16H2,1-5H3. The Labute approximate surface area is 108 Å². The first kappa shape index (κ1) is 13.4. The molecule has 98 valence electrons. The van der Waals surface area contributed by atoms with Crippen LogP contribution in [0.5, 0.6) is 0 Å². The van der Waals surface area contributed by atoms with Crippen molar-refractivity contribution >= 4 is 18.3 Å². The summed E-state index contributed by atoms with van der Waals surface area (Å²) in [6.45, 7) is 9.60. The van der Waals surface area contributed by atoms with E-state index in [2.05, 4.69) is 0 Å². The quantitative estimate of drug-likeness (QED) is 0.613. The molecule has 1 heterocycles. The fraction of sp³-hybridized carbons (Fsp3) is 0.538. The molecule has 0 radical (unpaired) electrons. The maximum absolute atomic E-state index is 13.9. The molecule has 0 aromatic heterocycles. The summed E-state index contributed by atoms with van der Waals surface area (Å²) < 4.78 is 25.6. The maximum atomic E-state index is 13.9. The van der Waals surface area contributed by atoms with Crippen LogP contribution >= 0.6 is 0 Å². The van der Waals surface area contributed by atoms with Gasteiger partial charge in [0.05, 0.1) is 11.2 Å². The molecule has 0 saturated carbocycles. The van der Waals surface area contributed by atoms with Crippen molar-refractivity contribution in [3.05, 3.63) is 23.5 Å². The molecule has 1 fully saturated rings. The molecule has 1 aromatic carbocycles. The molecule has 1 aliphatic heterocycles. The molecule has 0 spiro atoms. The summed E-state index contributed by atoms with van der Waals surface area (Å²) in [4.78, 5) is 0. The van der Waals surface area contributed by atoms with Gasteiger partial charge in [-0.05, 0) is 46.2 Å². The third-order valence-corrected chi connectivity index (χ3v) is 3.89. The highest BCUT2D eigenvalue weighted by molar-refractivity contribution is 6.62. The number of hydrogen-bond acceptors (Lipinski definition) is 3. The van der Waals surface area contributed by atoms with E-state index in [9.17, 15) is 4.39 Å². The average Bonchev–Trinajstić information content (AvgIpc) is 2.42. The number of rotatable bonds is 1. The van der Waals surface area contributed by atoms with Crippen LogP contribution in [0, 0.1) is 12.7 Å². The van der Waals surface area contributed by atoms with Crippen LogP contribution in [0.15, 0.2) is 12.1 Å². The van der Waals surface area contributed by atoms with Gasteiger partial charge in [-0.2, -0.15) is 0 Å². The number of benzene rings is 1. The molecule has 1 saturated heterocycles. The van der Waals surface area contributed by atoms with E-state index in [1.165, 1.54) is 6.07 Å². The second-order valence-electron chi connectivity index (χ2n) is 5.82. The molecule has 18 heavy (non-hydrogen) atoms. The van der Waals surface area contributed by atoms with Crippen LogP contribution in [0.2, 0.25) is 0 Å². The molecule has 1 aliphatic rings. The minimum Gasteiger partial charge on any atom is -0.399 e. The van der Waals surface area contributed by atoms with E-state index in [0.29, 0.717) is 11.2 Å². The highest BCUT2D eigenvalue weighted by Gasteiger charge is 2.52. The molecule has 5 heteroatoms. The summed E-state index contributed by atoms with van der Waals surface area (Å²) in [7, 11) is -0.686. The first-order chi connectivity index (χ1) is 8.14. The van der Waals surface area contributed by atoms with E-state index in [-0.39, 0.29) is 0 Å². The summed E-state index contributed by atoms with van der Waals surface area (Å²) in [5, 5.41) is 0. The van der Waals surface area contributed by atoms with E-state index >= 15 is 0 Å². The number of aryl methyl sites for hydroxylation is 1. The molecule has 0 amide bonds. The average molecular weight is 251 g/mol. The number of nitrogens with two attached hydrogens (primary N) is 1. The van der Waals surface area contributed by atoms with Gasteiger partial charge in [-0.15, -0.1) is 0 Å². The lowest BCUT2D eigenvalue weighted by Gasteiger charge is -2.32. The summed E-state index contributed by atoms with van der Waals surface area (Å²) in [6.07, 6.45) is 0. The van der Waals surface area contributed by atoms with Crippen LogP contribution in [0.3, 0.4) is 0 Å². The lowest BCUT2D eigenvalue weighted by atomic mass is 9.77. The zero-order chi connectivity index (χ0) is 13.7. The van der Waals surface area contributed by atoms with E-state index < -0.39 is 24.1 Å². The second-order valence-corrected chi connectivity index (χ2v) is 5.82. The van der Waals surface area contributed by atoms with Crippen molar-refractivity contribution in [3.8, 4) is 0 Å². The predicted octanol–water partition coefficient (Wildman–Crippen LogP) is 2.02. The lowest BCUT2D eigenvalue weighted by Crippen LogP contribution is -2.41. The predicted molar refractivity (Wildman–Crippen MR) is 71.3 cm³/mol. The van der Waals surface area contributed by atoms with Gasteiger partial charge < -0.3 is 15.0 Å². The van der Waals surface area contributed by atoms with E-state index in [0.717, 1.165) is 5.56 Å². The van der Waals surface area contributed by atoms with Crippen molar-refractivity contribution in [2.75, 3.05) is 5.73 Å². The molecule has 2 rings (SSSR count). The van der Waals surface area contributed by atoms with Crippen LogP contribution in [-0.4, -0.2) is 18.3 Å². The van der Waals surface area contributed by atoms with Crippen molar-refractivity contribution in [2.45, 2.75) is 45.8 Å². The molecular formula is C13H19BFNO2. The van der Waals surface area contributed by atoms with E-state index in [1.54, 1.807) is 6.07 Å². The van der Waals surface area contributed by atoms with Crippen LogP contribution in [0.4, 0.5) is 10.1 Å². The Morgan fingerprint density at radius 2 is 1.61 bits per heavy atom.